The fourth-order valence-corrected chi connectivity index (χ4v) is 3.37. The Kier molecular flexibility index (Phi) is 4.69. The molecule has 1 atom stereocenters. The molecule has 9 nitrogen and oxygen atoms in total. The third kappa shape index (κ3) is 3.74. The molecule has 0 saturated carbocycles. The summed E-state index contributed by atoms with van der Waals surface area (Å²) >= 11 is 0. The number of benzene rings is 1. The number of imidazole rings is 1. The predicted molar refractivity (Wildman–Crippen MR) is 99.6 cm³/mol. The van der Waals surface area contributed by atoms with Crippen molar-refractivity contribution in [3.8, 4) is 0 Å². The molecule has 1 unspecified atom stereocenters. The second kappa shape index (κ2) is 7.29. The lowest BCUT2D eigenvalue weighted by atomic mass is 10.00. The number of aliphatic hydroxyl groups excluding tert-OH is 1. The van der Waals surface area contributed by atoms with Crippen LogP contribution < -0.4 is 5.32 Å². The van der Waals surface area contributed by atoms with E-state index in [-0.39, 0.29) is 5.82 Å². The molecule has 2 aromatic heterocycles. The molecule has 0 saturated heterocycles. The Morgan fingerprint density at radius 1 is 1.26 bits per heavy atom. The number of nitrogens with zero attached hydrogens (tertiary/aromatic N) is 5. The Hall–Kier alpha value is -3.04. The number of nitrogens with one attached hydrogen (secondary N) is 1. The molecule has 0 aliphatic carbocycles. The summed E-state index contributed by atoms with van der Waals surface area (Å²) in [5.41, 5.74) is 3.09. The molecule has 0 fully saturated rings. The maximum Gasteiger partial charge on any atom is 0.368 e. The van der Waals surface area contributed by atoms with Crippen molar-refractivity contribution in [3.05, 3.63) is 63.8 Å². The number of aromatic nitrogens is 3. The number of nitro groups is 1. The van der Waals surface area contributed by atoms with Gasteiger partial charge in [-0.2, -0.15) is 0 Å². The van der Waals surface area contributed by atoms with Gasteiger partial charge in [0.25, 0.3) is 0 Å². The van der Waals surface area contributed by atoms with Gasteiger partial charge in [0, 0.05) is 32.2 Å². The van der Waals surface area contributed by atoms with Crippen LogP contribution in [0.1, 0.15) is 11.1 Å². The Balaban J connectivity index is 1.35. The summed E-state index contributed by atoms with van der Waals surface area (Å²) in [7, 11) is 0. The molecule has 1 aromatic carbocycles. The maximum atomic E-state index is 11.0. The summed E-state index contributed by atoms with van der Waals surface area (Å²) in [6.07, 6.45) is 1.58. The van der Waals surface area contributed by atoms with E-state index >= 15 is 0 Å². The first-order valence-corrected chi connectivity index (χ1v) is 8.80. The van der Waals surface area contributed by atoms with E-state index in [1.807, 2.05) is 6.07 Å². The SMILES string of the molecule is O=[N+]([O-])c1cnc2ccc(NCC(O)CN3CCc4ccccc4C3)nn12. The van der Waals surface area contributed by atoms with Gasteiger partial charge in [-0.05, 0) is 28.5 Å². The molecule has 2 N–H and O–H groups in total. The summed E-state index contributed by atoms with van der Waals surface area (Å²) in [6, 6.07) is 11.7. The second-order valence-corrected chi connectivity index (χ2v) is 6.65. The van der Waals surface area contributed by atoms with Crippen molar-refractivity contribution < 1.29 is 10.0 Å². The highest BCUT2D eigenvalue weighted by Crippen LogP contribution is 2.19. The Morgan fingerprint density at radius 2 is 2.07 bits per heavy atom. The van der Waals surface area contributed by atoms with E-state index in [9.17, 15) is 15.2 Å². The van der Waals surface area contributed by atoms with Gasteiger partial charge in [0.1, 0.15) is 6.20 Å². The summed E-state index contributed by atoms with van der Waals surface area (Å²) in [5, 5.41) is 28.6. The Labute approximate surface area is 155 Å². The minimum absolute atomic E-state index is 0.193. The van der Waals surface area contributed by atoms with Crippen LogP contribution >= 0.6 is 0 Å². The lowest BCUT2D eigenvalue weighted by Crippen LogP contribution is -2.39. The van der Waals surface area contributed by atoms with Gasteiger partial charge in [0.15, 0.2) is 5.82 Å². The van der Waals surface area contributed by atoms with Crippen LogP contribution in [-0.4, -0.2) is 55.3 Å². The predicted octanol–water partition coefficient (Wildman–Crippen LogP) is 1.47. The van der Waals surface area contributed by atoms with Crippen molar-refractivity contribution in [2.75, 3.05) is 25.0 Å². The highest BCUT2D eigenvalue weighted by molar-refractivity contribution is 5.48. The smallest absolute Gasteiger partial charge is 0.368 e. The van der Waals surface area contributed by atoms with E-state index in [0.717, 1.165) is 19.5 Å². The molecule has 0 radical (unpaired) electrons. The van der Waals surface area contributed by atoms with Crippen molar-refractivity contribution in [2.24, 2.45) is 0 Å². The second-order valence-electron chi connectivity index (χ2n) is 6.65. The first-order valence-electron chi connectivity index (χ1n) is 8.80. The third-order valence-electron chi connectivity index (χ3n) is 4.73. The van der Waals surface area contributed by atoms with E-state index in [4.69, 9.17) is 0 Å². The molecule has 1 aliphatic rings. The summed E-state index contributed by atoms with van der Waals surface area (Å²) in [4.78, 5) is 16.6. The van der Waals surface area contributed by atoms with Gasteiger partial charge in [-0.25, -0.2) is 4.98 Å². The number of anilines is 1. The summed E-state index contributed by atoms with van der Waals surface area (Å²) in [5.74, 6) is 0.257. The zero-order valence-electron chi connectivity index (χ0n) is 14.7. The lowest BCUT2D eigenvalue weighted by molar-refractivity contribution is -0.391. The molecule has 1 aliphatic heterocycles. The molecule has 0 bridgehead atoms. The fourth-order valence-electron chi connectivity index (χ4n) is 3.37. The Morgan fingerprint density at radius 3 is 2.89 bits per heavy atom. The number of rotatable bonds is 6. The first kappa shape index (κ1) is 17.4. The molecule has 27 heavy (non-hydrogen) atoms. The van der Waals surface area contributed by atoms with E-state index in [0.29, 0.717) is 24.6 Å². The fraction of sp³-hybridized carbons (Fsp3) is 0.333. The highest BCUT2D eigenvalue weighted by Gasteiger charge is 2.19. The number of aliphatic hydroxyl groups is 1. The van der Waals surface area contributed by atoms with Crippen LogP contribution in [0.2, 0.25) is 0 Å². The van der Waals surface area contributed by atoms with Crippen molar-refractivity contribution in [1.82, 2.24) is 19.5 Å². The van der Waals surface area contributed by atoms with Crippen LogP contribution in [-0.2, 0) is 13.0 Å². The standard InChI is InChI=1S/C18H20N6O3/c25-15(12-22-8-7-13-3-1-2-4-14(13)11-22)9-19-16-5-6-17-20-10-18(24(26)27)23(17)21-16/h1-6,10,15,25H,7-9,11-12H2,(H,19,21). The summed E-state index contributed by atoms with van der Waals surface area (Å²) < 4.78 is 1.18. The van der Waals surface area contributed by atoms with Gasteiger partial charge in [-0.15, -0.1) is 0 Å². The van der Waals surface area contributed by atoms with Crippen molar-refractivity contribution in [1.29, 1.82) is 0 Å². The minimum Gasteiger partial charge on any atom is -0.390 e. The lowest BCUT2D eigenvalue weighted by Gasteiger charge is -2.30. The molecule has 0 spiro atoms. The van der Waals surface area contributed by atoms with E-state index < -0.39 is 11.0 Å². The van der Waals surface area contributed by atoms with E-state index in [1.54, 1.807) is 12.1 Å². The van der Waals surface area contributed by atoms with Gasteiger partial charge in [0.05, 0.1) is 6.10 Å². The average Bonchev–Trinajstić information content (AvgIpc) is 3.10. The van der Waals surface area contributed by atoms with Crippen LogP contribution in [0.25, 0.3) is 5.65 Å². The molecule has 4 rings (SSSR count). The van der Waals surface area contributed by atoms with E-state index in [1.165, 1.54) is 21.8 Å². The van der Waals surface area contributed by atoms with Gasteiger partial charge in [-0.1, -0.05) is 33.9 Å². The van der Waals surface area contributed by atoms with Gasteiger partial charge in [0.2, 0.25) is 5.65 Å². The van der Waals surface area contributed by atoms with Crippen LogP contribution in [0.4, 0.5) is 11.6 Å². The van der Waals surface area contributed by atoms with Crippen LogP contribution in [0, 0.1) is 10.1 Å². The van der Waals surface area contributed by atoms with Crippen molar-refractivity contribution >= 4 is 17.3 Å². The number of fused-ring (bicyclic) bond motifs is 2. The zero-order valence-corrected chi connectivity index (χ0v) is 14.7. The van der Waals surface area contributed by atoms with Crippen molar-refractivity contribution in [3.63, 3.8) is 0 Å². The van der Waals surface area contributed by atoms with Gasteiger partial charge in [-0.3, -0.25) is 4.90 Å². The largest absolute Gasteiger partial charge is 0.390 e. The first-order chi connectivity index (χ1) is 13.1. The zero-order chi connectivity index (χ0) is 18.8. The van der Waals surface area contributed by atoms with Crippen molar-refractivity contribution in [2.45, 2.75) is 19.1 Å². The number of hydrogen-bond donors (Lipinski definition) is 2. The average molecular weight is 368 g/mol. The monoisotopic (exact) mass is 368 g/mol. The van der Waals surface area contributed by atoms with E-state index in [2.05, 4.69) is 38.5 Å². The van der Waals surface area contributed by atoms with Crippen LogP contribution in [0.5, 0.6) is 0 Å². The maximum absolute atomic E-state index is 11.0. The molecule has 0 amide bonds. The third-order valence-corrected chi connectivity index (χ3v) is 4.73. The van der Waals surface area contributed by atoms with Gasteiger partial charge < -0.3 is 20.5 Å². The normalized spacial score (nSPS) is 15.4. The molecular weight excluding hydrogens is 348 g/mol. The molecular formula is C18H20N6O3. The highest BCUT2D eigenvalue weighted by atomic mass is 16.6. The topological polar surface area (TPSA) is 109 Å². The minimum atomic E-state index is -0.578. The number of hydrogen-bond acceptors (Lipinski definition) is 7. The van der Waals surface area contributed by atoms with Crippen LogP contribution in [0.3, 0.4) is 0 Å². The van der Waals surface area contributed by atoms with Gasteiger partial charge >= 0.3 is 5.82 Å². The Bertz CT molecular complexity index is 973. The molecule has 3 heterocycles. The number of β-amino-alcohol motifs (C(OH)–C–C–N with tert-alkyl or cyclic N) is 1. The quantitative estimate of drug-likeness (QED) is 0.501. The summed E-state index contributed by atoms with van der Waals surface area (Å²) in [6.45, 7) is 2.60. The molecule has 9 heteroatoms. The van der Waals surface area contributed by atoms with Crippen LogP contribution in [0.15, 0.2) is 42.6 Å². The molecule has 3 aromatic rings. The molecule has 140 valence electrons.